The predicted octanol–water partition coefficient (Wildman–Crippen LogP) is 6.58. The van der Waals surface area contributed by atoms with E-state index < -0.39 is 8.32 Å². The van der Waals surface area contributed by atoms with Crippen LogP contribution in [-0.4, -0.2) is 27.3 Å². The van der Waals surface area contributed by atoms with E-state index in [4.69, 9.17) is 13.9 Å². The molecule has 0 radical (unpaired) electrons. The van der Waals surface area contributed by atoms with E-state index in [2.05, 4.69) is 58.1 Å². The van der Waals surface area contributed by atoms with Gasteiger partial charge in [0.2, 0.25) is 8.32 Å². The van der Waals surface area contributed by atoms with Gasteiger partial charge in [0.15, 0.2) is 0 Å². The van der Waals surface area contributed by atoms with E-state index in [9.17, 15) is 4.79 Å². The van der Waals surface area contributed by atoms with Crippen LogP contribution in [0.15, 0.2) is 48.5 Å². The van der Waals surface area contributed by atoms with Gasteiger partial charge in [-0.2, -0.15) is 0 Å². The molecule has 0 aliphatic carbocycles. The Kier molecular flexibility index (Phi) is 8.89. The summed E-state index contributed by atoms with van der Waals surface area (Å²) in [5.74, 6) is 1.91. The lowest BCUT2D eigenvalue weighted by Gasteiger charge is -2.36. The lowest BCUT2D eigenvalue weighted by Crippen LogP contribution is -2.43. The molecule has 0 aliphatic heterocycles. The molecule has 0 unspecified atom stereocenters. The van der Waals surface area contributed by atoms with Crippen LogP contribution in [0.5, 0.6) is 11.5 Å². The molecule has 0 aliphatic rings. The normalized spacial score (nSPS) is 13.0. The number of carbonyl (C=O) groups is 1. The molecule has 31 heavy (non-hydrogen) atoms. The quantitative estimate of drug-likeness (QED) is 0.369. The third-order valence-electron chi connectivity index (χ3n) is 6.02. The average Bonchev–Trinajstić information content (AvgIpc) is 2.70. The van der Waals surface area contributed by atoms with Gasteiger partial charge in [0, 0.05) is 6.42 Å². The van der Waals surface area contributed by atoms with E-state index in [0.717, 1.165) is 29.9 Å². The first-order valence-corrected chi connectivity index (χ1v) is 13.9. The number of ketones is 1. The van der Waals surface area contributed by atoms with Crippen molar-refractivity contribution in [1.29, 1.82) is 0 Å². The number of Topliss-reactive ketones (excluding diaryl/α,β-unsaturated/α-hetero) is 1. The molecular weight excluding hydrogens is 404 g/mol. The maximum atomic E-state index is 11.7. The summed E-state index contributed by atoms with van der Waals surface area (Å²) in [6.45, 7) is 13.4. The van der Waals surface area contributed by atoms with Gasteiger partial charge >= 0.3 is 0 Å². The Labute approximate surface area is 189 Å². The highest BCUT2D eigenvalue weighted by Gasteiger charge is 2.38. The smallest absolute Gasteiger partial charge is 0.250 e. The highest BCUT2D eigenvalue weighted by Crippen LogP contribution is 2.37. The van der Waals surface area contributed by atoms with Crippen molar-refractivity contribution in [3.8, 4) is 11.5 Å². The van der Waals surface area contributed by atoms with Gasteiger partial charge in [0.25, 0.3) is 0 Å². The molecule has 0 saturated carbocycles. The second-order valence-corrected chi connectivity index (χ2v) is 14.5. The highest BCUT2D eigenvalue weighted by molar-refractivity contribution is 6.74. The zero-order valence-electron chi connectivity index (χ0n) is 20.2. The summed E-state index contributed by atoms with van der Waals surface area (Å²) in [5, 5.41) is 0.173. The first-order chi connectivity index (χ1) is 14.5. The predicted molar refractivity (Wildman–Crippen MR) is 129 cm³/mol. The van der Waals surface area contributed by atoms with Crippen LogP contribution in [-0.2, 0) is 22.6 Å². The molecule has 0 N–H and O–H groups in total. The molecule has 4 nitrogen and oxygen atoms in total. The summed E-state index contributed by atoms with van der Waals surface area (Å²) in [6.07, 6.45) is 2.00. The minimum atomic E-state index is -1.83. The maximum absolute atomic E-state index is 11.7. The van der Waals surface area contributed by atoms with E-state index in [1.165, 1.54) is 5.56 Å². The Morgan fingerprint density at radius 1 is 0.935 bits per heavy atom. The Morgan fingerprint density at radius 2 is 1.48 bits per heavy atom. The average molecular weight is 443 g/mol. The van der Waals surface area contributed by atoms with Crippen LogP contribution in [0, 0.1) is 0 Å². The van der Waals surface area contributed by atoms with Crippen LogP contribution in [0.1, 0.15) is 51.7 Å². The van der Waals surface area contributed by atoms with E-state index in [0.29, 0.717) is 13.0 Å². The summed E-state index contributed by atoms with van der Waals surface area (Å²) in [5.41, 5.74) is 2.30. The van der Waals surface area contributed by atoms with Gasteiger partial charge in [-0.3, -0.25) is 4.79 Å². The topological polar surface area (TPSA) is 44.8 Å². The molecule has 0 bridgehead atoms. The standard InChI is InChI=1S/C26H38O4Si/c1-20(27)18-25(29-19-22-11-13-23(28-5)14-12-22)17-10-21-8-15-24(16-9-21)30-31(6,7)26(2,3)4/h8-9,11-16,25H,10,17-19H2,1-7H3/t25-/m0/s1. The Bertz CT molecular complexity index is 820. The maximum Gasteiger partial charge on any atom is 0.250 e. The second kappa shape index (κ2) is 11.0. The molecule has 0 fully saturated rings. The van der Waals surface area contributed by atoms with Crippen molar-refractivity contribution in [3.63, 3.8) is 0 Å². The molecule has 5 heteroatoms. The van der Waals surface area contributed by atoms with E-state index in [-0.39, 0.29) is 16.9 Å². The van der Waals surface area contributed by atoms with Crippen molar-refractivity contribution in [2.24, 2.45) is 0 Å². The van der Waals surface area contributed by atoms with Crippen LogP contribution >= 0.6 is 0 Å². The van der Waals surface area contributed by atoms with Crippen molar-refractivity contribution in [2.75, 3.05) is 7.11 Å². The third-order valence-corrected chi connectivity index (χ3v) is 10.4. The van der Waals surface area contributed by atoms with E-state index in [1.54, 1.807) is 14.0 Å². The van der Waals surface area contributed by atoms with Crippen molar-refractivity contribution in [1.82, 2.24) is 0 Å². The zero-order valence-corrected chi connectivity index (χ0v) is 21.2. The van der Waals surface area contributed by atoms with Crippen molar-refractivity contribution < 1.29 is 18.7 Å². The number of methoxy groups -OCH3 is 1. The number of hydrogen-bond donors (Lipinski definition) is 0. The first kappa shape index (κ1) is 25.2. The second-order valence-electron chi connectivity index (χ2n) is 9.73. The van der Waals surface area contributed by atoms with Gasteiger partial charge in [0.05, 0.1) is 19.8 Å². The van der Waals surface area contributed by atoms with E-state index in [1.807, 2.05) is 24.3 Å². The summed E-state index contributed by atoms with van der Waals surface area (Å²) in [7, 11) is -0.179. The van der Waals surface area contributed by atoms with Crippen LogP contribution in [0.3, 0.4) is 0 Å². The van der Waals surface area contributed by atoms with Crippen LogP contribution in [0.25, 0.3) is 0 Å². The monoisotopic (exact) mass is 442 g/mol. The molecule has 0 heterocycles. The number of hydrogen-bond acceptors (Lipinski definition) is 4. The number of aryl methyl sites for hydroxylation is 1. The summed E-state index contributed by atoms with van der Waals surface area (Å²) in [6, 6.07) is 16.2. The molecule has 0 spiro atoms. The largest absolute Gasteiger partial charge is 0.544 e. The number of carbonyl (C=O) groups excluding carboxylic acids is 1. The number of benzene rings is 2. The highest BCUT2D eigenvalue weighted by atomic mass is 28.4. The molecule has 170 valence electrons. The van der Waals surface area contributed by atoms with Crippen molar-refractivity contribution >= 4 is 14.1 Å². The zero-order chi connectivity index (χ0) is 23.1. The van der Waals surface area contributed by atoms with Crippen LogP contribution in [0.4, 0.5) is 0 Å². The fraction of sp³-hybridized carbons (Fsp3) is 0.500. The van der Waals surface area contributed by atoms with Crippen LogP contribution in [0.2, 0.25) is 18.1 Å². The molecule has 2 rings (SSSR count). The Balaban J connectivity index is 1.92. The lowest BCUT2D eigenvalue weighted by molar-refractivity contribution is -0.120. The number of rotatable bonds is 11. The fourth-order valence-electron chi connectivity index (χ4n) is 3.00. The lowest BCUT2D eigenvalue weighted by atomic mass is 10.0. The van der Waals surface area contributed by atoms with Gasteiger partial charge in [-0.15, -0.1) is 0 Å². The van der Waals surface area contributed by atoms with E-state index >= 15 is 0 Å². The molecular formula is C26H38O4Si. The summed E-state index contributed by atoms with van der Waals surface area (Å²) < 4.78 is 17.6. The van der Waals surface area contributed by atoms with Gasteiger partial charge in [-0.1, -0.05) is 45.0 Å². The SMILES string of the molecule is COc1ccc(CO[C@@H](CCc2ccc(O[Si](C)(C)C(C)(C)C)cc2)CC(C)=O)cc1. The summed E-state index contributed by atoms with van der Waals surface area (Å²) >= 11 is 0. The van der Waals surface area contributed by atoms with Gasteiger partial charge < -0.3 is 13.9 Å². The van der Waals surface area contributed by atoms with Crippen LogP contribution < -0.4 is 9.16 Å². The molecule has 1 atom stereocenters. The number of ether oxygens (including phenoxy) is 2. The Hall–Kier alpha value is -2.11. The summed E-state index contributed by atoms with van der Waals surface area (Å²) in [4.78, 5) is 11.7. The third kappa shape index (κ3) is 8.15. The molecule has 2 aromatic rings. The minimum absolute atomic E-state index is 0.0947. The van der Waals surface area contributed by atoms with Gasteiger partial charge in [-0.05, 0) is 73.3 Å². The minimum Gasteiger partial charge on any atom is -0.544 e. The van der Waals surface area contributed by atoms with Gasteiger partial charge in [-0.25, -0.2) is 0 Å². The Morgan fingerprint density at radius 3 is 2.00 bits per heavy atom. The molecule has 0 amide bonds. The first-order valence-electron chi connectivity index (χ1n) is 11.0. The molecule has 2 aromatic carbocycles. The fourth-order valence-corrected chi connectivity index (χ4v) is 4.03. The van der Waals surface area contributed by atoms with Crippen molar-refractivity contribution in [3.05, 3.63) is 59.7 Å². The van der Waals surface area contributed by atoms with Crippen molar-refractivity contribution in [2.45, 2.75) is 77.8 Å². The molecule has 0 saturated heterocycles. The molecule has 0 aromatic heterocycles. The van der Waals surface area contributed by atoms with Gasteiger partial charge in [0.1, 0.15) is 17.3 Å².